The molecule has 3 heteroatoms. The average Bonchev–Trinajstić information content (AvgIpc) is 2.67. The van der Waals surface area contributed by atoms with Crippen LogP contribution in [0.15, 0.2) is 63.8 Å². The number of fused-ring (bicyclic) bond motifs is 1. The minimum absolute atomic E-state index is 0.0372. The molecule has 0 radical (unpaired) electrons. The zero-order valence-electron chi connectivity index (χ0n) is 16.6. The van der Waals surface area contributed by atoms with E-state index in [1.54, 1.807) is 25.1 Å². The summed E-state index contributed by atoms with van der Waals surface area (Å²) >= 11 is 0. The van der Waals surface area contributed by atoms with Gasteiger partial charge in [-0.25, -0.2) is 9.18 Å². The summed E-state index contributed by atoms with van der Waals surface area (Å²) in [5.74, 6) is 0.00765. The van der Waals surface area contributed by atoms with Crippen LogP contribution in [-0.2, 0) is 19.3 Å². The van der Waals surface area contributed by atoms with Crippen LogP contribution < -0.4 is 5.63 Å². The van der Waals surface area contributed by atoms with E-state index in [2.05, 4.69) is 31.2 Å². The van der Waals surface area contributed by atoms with Crippen molar-refractivity contribution in [3.63, 3.8) is 0 Å². The smallest absolute Gasteiger partial charge is 0.346 e. The van der Waals surface area contributed by atoms with Gasteiger partial charge in [-0.3, -0.25) is 0 Å². The fourth-order valence-corrected chi connectivity index (χ4v) is 3.42. The van der Waals surface area contributed by atoms with Gasteiger partial charge in [-0.05, 0) is 60.7 Å². The summed E-state index contributed by atoms with van der Waals surface area (Å²) in [6.07, 6.45) is 10.2. The molecule has 0 aliphatic heterocycles. The number of hydrogen-bond acceptors (Lipinski definition) is 2. The van der Waals surface area contributed by atoms with Crippen LogP contribution in [0.4, 0.5) is 4.39 Å². The molecule has 0 aliphatic carbocycles. The third-order valence-electron chi connectivity index (χ3n) is 5.02. The van der Waals surface area contributed by atoms with Crippen LogP contribution in [0.5, 0.6) is 0 Å². The highest BCUT2D eigenvalue weighted by atomic mass is 19.1. The number of rotatable bonds is 8. The molecule has 1 aromatic heterocycles. The second-order valence-electron chi connectivity index (χ2n) is 7.30. The summed E-state index contributed by atoms with van der Waals surface area (Å²) < 4.78 is 19.7. The number of benzene rings is 2. The molecular formula is C25H27FO2. The van der Waals surface area contributed by atoms with Gasteiger partial charge in [0, 0.05) is 0 Å². The maximum atomic E-state index is 14.7. The first kappa shape index (κ1) is 20.1. The predicted octanol–water partition coefficient (Wildman–Crippen LogP) is 6.31. The van der Waals surface area contributed by atoms with Crippen molar-refractivity contribution in [1.82, 2.24) is 0 Å². The van der Waals surface area contributed by atoms with Crippen molar-refractivity contribution in [3.8, 4) is 0 Å². The lowest BCUT2D eigenvalue weighted by Crippen LogP contribution is -2.05. The summed E-state index contributed by atoms with van der Waals surface area (Å²) in [5.41, 5.74) is 2.52. The van der Waals surface area contributed by atoms with E-state index in [-0.39, 0.29) is 5.39 Å². The topological polar surface area (TPSA) is 30.2 Å². The quantitative estimate of drug-likeness (QED) is 0.339. The van der Waals surface area contributed by atoms with Crippen LogP contribution in [-0.4, -0.2) is 0 Å². The molecule has 0 fully saturated rings. The van der Waals surface area contributed by atoms with Crippen LogP contribution >= 0.6 is 0 Å². The highest BCUT2D eigenvalue weighted by Gasteiger charge is 2.11. The molecule has 0 amide bonds. The molecule has 0 aliphatic rings. The lowest BCUT2D eigenvalue weighted by Gasteiger charge is -2.04. The van der Waals surface area contributed by atoms with Gasteiger partial charge in [0.1, 0.15) is 17.0 Å². The van der Waals surface area contributed by atoms with Crippen LogP contribution in [0.1, 0.15) is 48.6 Å². The Balaban J connectivity index is 1.62. The first-order valence-corrected chi connectivity index (χ1v) is 10.0. The monoisotopic (exact) mass is 378 g/mol. The first-order valence-electron chi connectivity index (χ1n) is 10.0. The molecule has 0 spiro atoms. The van der Waals surface area contributed by atoms with Crippen molar-refractivity contribution in [2.45, 2.75) is 52.4 Å². The normalized spacial score (nSPS) is 11.5. The molecule has 2 nitrogen and oxygen atoms in total. The predicted molar refractivity (Wildman–Crippen MR) is 113 cm³/mol. The Morgan fingerprint density at radius 2 is 1.68 bits per heavy atom. The Kier molecular flexibility index (Phi) is 6.80. The molecule has 0 atom stereocenters. The van der Waals surface area contributed by atoms with Crippen molar-refractivity contribution >= 4 is 10.8 Å². The van der Waals surface area contributed by atoms with Crippen molar-refractivity contribution in [2.75, 3.05) is 0 Å². The van der Waals surface area contributed by atoms with Crippen molar-refractivity contribution < 1.29 is 8.81 Å². The molecule has 0 saturated carbocycles. The molecule has 0 unspecified atom stereocenters. The highest BCUT2D eigenvalue weighted by molar-refractivity contribution is 5.82. The molecule has 1 heterocycles. The van der Waals surface area contributed by atoms with E-state index in [4.69, 9.17) is 4.42 Å². The van der Waals surface area contributed by atoms with E-state index in [1.165, 1.54) is 30.4 Å². The Morgan fingerprint density at radius 1 is 0.964 bits per heavy atom. The van der Waals surface area contributed by atoms with Gasteiger partial charge in [0.25, 0.3) is 0 Å². The summed E-state index contributed by atoms with van der Waals surface area (Å²) in [6.45, 7) is 3.90. The molecule has 3 aromatic rings. The lowest BCUT2D eigenvalue weighted by molar-refractivity contribution is 0.484. The van der Waals surface area contributed by atoms with Crippen molar-refractivity contribution in [1.29, 1.82) is 0 Å². The Labute approximate surface area is 165 Å². The minimum atomic E-state index is -0.614. The maximum absolute atomic E-state index is 14.7. The zero-order valence-corrected chi connectivity index (χ0v) is 16.6. The van der Waals surface area contributed by atoms with Crippen LogP contribution in [0.2, 0.25) is 0 Å². The lowest BCUT2D eigenvalue weighted by atomic mass is 10.0. The summed E-state index contributed by atoms with van der Waals surface area (Å²) in [6, 6.07) is 13.9. The van der Waals surface area contributed by atoms with E-state index in [0.717, 1.165) is 12.8 Å². The molecule has 0 saturated heterocycles. The molecule has 0 bridgehead atoms. The van der Waals surface area contributed by atoms with E-state index >= 15 is 0 Å². The van der Waals surface area contributed by atoms with Gasteiger partial charge in [-0.2, -0.15) is 0 Å². The number of halogens is 1. The molecule has 2 aromatic carbocycles. The molecule has 3 rings (SSSR count). The highest BCUT2D eigenvalue weighted by Crippen LogP contribution is 2.20. The van der Waals surface area contributed by atoms with Gasteiger partial charge in [0.15, 0.2) is 0 Å². The standard InChI is InChI=1S/C25H27FO2/c1-3-4-5-8-19-11-13-20(14-12-19)9-6-7-10-21-15-16-22-17-18(2)28-25(27)23(22)24(21)26/h6-7,11-17H,3-5,8-10H2,1-2H3/b7-6+. The zero-order chi connectivity index (χ0) is 19.9. The second-order valence-corrected chi connectivity index (χ2v) is 7.30. The summed E-state index contributed by atoms with van der Waals surface area (Å²) in [7, 11) is 0. The van der Waals surface area contributed by atoms with Gasteiger partial charge in [-0.15, -0.1) is 0 Å². The summed E-state index contributed by atoms with van der Waals surface area (Å²) in [5, 5.41) is 0.619. The van der Waals surface area contributed by atoms with Gasteiger partial charge in [-0.1, -0.05) is 68.3 Å². The van der Waals surface area contributed by atoms with E-state index < -0.39 is 11.4 Å². The van der Waals surface area contributed by atoms with Crippen molar-refractivity contribution in [2.24, 2.45) is 0 Å². The number of allylic oxidation sites excluding steroid dienone is 2. The van der Waals surface area contributed by atoms with Crippen LogP contribution in [0.3, 0.4) is 0 Å². The number of hydrogen-bond donors (Lipinski definition) is 0. The number of unbranched alkanes of at least 4 members (excludes halogenated alkanes) is 2. The Hall–Kier alpha value is -2.68. The largest absolute Gasteiger partial charge is 0.428 e. The van der Waals surface area contributed by atoms with E-state index in [1.807, 2.05) is 12.2 Å². The second kappa shape index (κ2) is 9.50. The van der Waals surface area contributed by atoms with Crippen molar-refractivity contribution in [3.05, 3.63) is 93.3 Å². The van der Waals surface area contributed by atoms with Gasteiger partial charge in [0.2, 0.25) is 0 Å². The van der Waals surface area contributed by atoms with Gasteiger partial charge in [0.05, 0.1) is 0 Å². The van der Waals surface area contributed by atoms with Crippen LogP contribution in [0.25, 0.3) is 10.8 Å². The maximum Gasteiger partial charge on any atom is 0.346 e. The summed E-state index contributed by atoms with van der Waals surface area (Å²) in [4.78, 5) is 12.0. The molecule has 0 N–H and O–H groups in total. The van der Waals surface area contributed by atoms with E-state index in [9.17, 15) is 9.18 Å². The average molecular weight is 378 g/mol. The van der Waals surface area contributed by atoms with Crippen LogP contribution in [0, 0.1) is 12.7 Å². The third-order valence-corrected chi connectivity index (χ3v) is 5.02. The SMILES string of the molecule is CCCCCc1ccc(C/C=C/Cc2ccc3cc(C)oc(=O)c3c2F)cc1. The minimum Gasteiger partial charge on any atom is -0.428 e. The number of aryl methyl sites for hydroxylation is 2. The van der Waals surface area contributed by atoms with Gasteiger partial charge >= 0.3 is 5.63 Å². The first-order chi connectivity index (χ1) is 13.6. The fourth-order valence-electron chi connectivity index (χ4n) is 3.42. The Bertz CT molecular complexity index is 1010. The third kappa shape index (κ3) is 4.98. The Morgan fingerprint density at radius 3 is 2.43 bits per heavy atom. The molecule has 146 valence electrons. The fraction of sp³-hybridized carbons (Fsp3) is 0.320. The molecule has 28 heavy (non-hydrogen) atoms. The van der Waals surface area contributed by atoms with E-state index in [0.29, 0.717) is 23.1 Å². The molecular weight excluding hydrogens is 351 g/mol. The van der Waals surface area contributed by atoms with Gasteiger partial charge < -0.3 is 4.42 Å².